The molecular weight excluding hydrogens is 518 g/mol. The number of benzene rings is 1. The zero-order valence-electron chi connectivity index (χ0n) is 24.3. The minimum absolute atomic E-state index is 0.00148. The Bertz CT molecular complexity index is 1240. The quantitative estimate of drug-likeness (QED) is 0.395. The Morgan fingerprint density at radius 1 is 1.00 bits per heavy atom. The van der Waals surface area contributed by atoms with Gasteiger partial charge >= 0.3 is 0 Å². The van der Waals surface area contributed by atoms with Crippen molar-refractivity contribution in [3.8, 4) is 0 Å². The molecule has 220 valence electrons. The van der Waals surface area contributed by atoms with Gasteiger partial charge in [0.05, 0.1) is 5.69 Å². The Morgan fingerprint density at radius 2 is 1.68 bits per heavy atom. The highest BCUT2D eigenvalue weighted by molar-refractivity contribution is 5.96. The highest BCUT2D eigenvalue weighted by atomic mass is 16.2. The number of nitrogens with two attached hydrogens (primary N) is 1. The molecule has 0 unspecified atom stereocenters. The van der Waals surface area contributed by atoms with E-state index < -0.39 is 5.91 Å². The topological polar surface area (TPSA) is 123 Å². The summed E-state index contributed by atoms with van der Waals surface area (Å²) in [4.78, 5) is 43.2. The number of nitrogens with zero attached hydrogens (tertiary/aromatic N) is 6. The monoisotopic (exact) mass is 561 g/mol. The molecule has 1 atom stereocenters. The third-order valence-electron chi connectivity index (χ3n) is 8.55. The SMILES string of the molecule is C=CC(=O)N[C@H]1CCN(c2nc(Nc3ccc(N4CCC(N5CCN(C)CC5)CC4)cc3)c(C(N)=O)nc2CC)C1. The molecule has 1 aromatic heterocycles. The molecule has 41 heavy (non-hydrogen) atoms. The number of amides is 2. The molecule has 0 saturated carbocycles. The number of carbonyl (C=O) groups excluding carboxylic acids is 2. The average molecular weight is 562 g/mol. The first-order valence-electron chi connectivity index (χ1n) is 14.8. The van der Waals surface area contributed by atoms with Gasteiger partial charge < -0.3 is 31.1 Å². The summed E-state index contributed by atoms with van der Waals surface area (Å²) in [6.45, 7) is 13.6. The van der Waals surface area contributed by atoms with Crippen molar-refractivity contribution in [3.63, 3.8) is 0 Å². The second kappa shape index (κ2) is 12.9. The number of hydrogen-bond donors (Lipinski definition) is 3. The van der Waals surface area contributed by atoms with Crippen LogP contribution >= 0.6 is 0 Å². The molecule has 4 N–H and O–H groups in total. The lowest BCUT2D eigenvalue weighted by molar-refractivity contribution is -0.117. The Morgan fingerprint density at radius 3 is 2.32 bits per heavy atom. The summed E-state index contributed by atoms with van der Waals surface area (Å²) in [6.07, 6.45) is 5.04. The van der Waals surface area contributed by atoms with Crippen molar-refractivity contribution in [2.45, 2.75) is 44.7 Å². The number of hydrogen-bond acceptors (Lipinski definition) is 9. The molecule has 2 aromatic rings. The molecule has 0 spiro atoms. The molecule has 3 aliphatic heterocycles. The molecule has 0 aliphatic carbocycles. The fraction of sp³-hybridized carbons (Fsp3) is 0.533. The molecule has 2 amide bonds. The van der Waals surface area contributed by atoms with Crippen molar-refractivity contribution in [1.82, 2.24) is 25.1 Å². The first-order valence-corrected chi connectivity index (χ1v) is 14.8. The summed E-state index contributed by atoms with van der Waals surface area (Å²) < 4.78 is 0. The van der Waals surface area contributed by atoms with Crippen LogP contribution in [0, 0.1) is 0 Å². The van der Waals surface area contributed by atoms with E-state index in [1.54, 1.807) is 0 Å². The highest BCUT2D eigenvalue weighted by Crippen LogP contribution is 2.29. The molecule has 3 fully saturated rings. The lowest BCUT2D eigenvalue weighted by Crippen LogP contribution is -2.52. The van der Waals surface area contributed by atoms with E-state index in [1.807, 2.05) is 19.1 Å². The van der Waals surface area contributed by atoms with Crippen molar-refractivity contribution >= 4 is 34.8 Å². The number of likely N-dealkylation sites (N-methyl/N-ethyl adjacent to an activating group) is 1. The molecule has 3 aliphatic rings. The zero-order chi connectivity index (χ0) is 28.9. The second-order valence-electron chi connectivity index (χ2n) is 11.3. The first kappa shape index (κ1) is 28.8. The van der Waals surface area contributed by atoms with Crippen molar-refractivity contribution in [2.75, 3.05) is 74.5 Å². The minimum atomic E-state index is -0.626. The molecule has 11 heteroatoms. The van der Waals surface area contributed by atoms with E-state index in [9.17, 15) is 9.59 Å². The maximum absolute atomic E-state index is 12.3. The van der Waals surface area contributed by atoms with Crippen molar-refractivity contribution in [1.29, 1.82) is 0 Å². The number of piperazine rings is 1. The normalized spacial score (nSPS) is 20.7. The van der Waals surface area contributed by atoms with Crippen LogP contribution in [-0.2, 0) is 11.2 Å². The van der Waals surface area contributed by atoms with Crippen LogP contribution < -0.4 is 26.2 Å². The lowest BCUT2D eigenvalue weighted by atomic mass is 10.0. The number of primary amides is 1. The number of anilines is 4. The van der Waals surface area contributed by atoms with Crippen LogP contribution in [0.5, 0.6) is 0 Å². The van der Waals surface area contributed by atoms with Gasteiger partial charge in [-0.05, 0) is 63.1 Å². The number of nitrogens with one attached hydrogen (secondary N) is 2. The summed E-state index contributed by atoms with van der Waals surface area (Å²) >= 11 is 0. The fourth-order valence-electron chi connectivity index (χ4n) is 6.11. The standard InChI is InChI=1S/C30H43N9O2/c1-4-25-30(39-13-10-22(20-39)32-26(40)5-2)35-29(27(34-25)28(31)41)33-21-6-8-23(9-7-21)37-14-11-24(12-15-37)38-18-16-36(3)17-19-38/h5-9,22,24H,2,4,10-20H2,1,3H3,(H2,31,41)(H,32,40)(H,33,35)/t22-/m0/s1. The largest absolute Gasteiger partial charge is 0.371 e. The molecule has 5 rings (SSSR count). The maximum atomic E-state index is 12.3. The van der Waals surface area contributed by atoms with Gasteiger partial charge in [-0.3, -0.25) is 14.5 Å². The molecule has 0 radical (unpaired) electrons. The van der Waals surface area contributed by atoms with Gasteiger partial charge in [-0.2, -0.15) is 0 Å². The molecule has 1 aromatic carbocycles. The predicted molar refractivity (Wildman–Crippen MR) is 163 cm³/mol. The van der Waals surface area contributed by atoms with E-state index in [-0.39, 0.29) is 17.6 Å². The second-order valence-corrected chi connectivity index (χ2v) is 11.3. The van der Waals surface area contributed by atoms with E-state index in [2.05, 4.69) is 61.0 Å². The van der Waals surface area contributed by atoms with Crippen molar-refractivity contribution in [3.05, 3.63) is 48.3 Å². The molecule has 11 nitrogen and oxygen atoms in total. The number of aryl methyl sites for hydroxylation is 1. The van der Waals surface area contributed by atoms with Crippen LogP contribution in [0.25, 0.3) is 0 Å². The average Bonchev–Trinajstić information content (AvgIpc) is 3.46. The number of piperidine rings is 1. The Kier molecular flexibility index (Phi) is 9.04. The molecule has 0 bridgehead atoms. The van der Waals surface area contributed by atoms with E-state index in [4.69, 9.17) is 10.7 Å². The third-order valence-corrected chi connectivity index (χ3v) is 8.55. The summed E-state index contributed by atoms with van der Waals surface area (Å²) in [7, 11) is 2.20. The van der Waals surface area contributed by atoms with E-state index in [0.29, 0.717) is 36.3 Å². The number of rotatable bonds is 9. The van der Waals surface area contributed by atoms with Crippen LogP contribution in [0.3, 0.4) is 0 Å². The van der Waals surface area contributed by atoms with Crippen molar-refractivity contribution < 1.29 is 9.59 Å². The summed E-state index contributed by atoms with van der Waals surface area (Å²) in [5, 5.41) is 6.25. The Balaban J connectivity index is 1.26. The van der Waals surface area contributed by atoms with Gasteiger partial charge in [0.25, 0.3) is 5.91 Å². The number of carbonyl (C=O) groups is 2. The van der Waals surface area contributed by atoms with Crippen LogP contribution in [0.2, 0.25) is 0 Å². The molecule has 4 heterocycles. The fourth-order valence-corrected chi connectivity index (χ4v) is 6.11. The summed E-state index contributed by atoms with van der Waals surface area (Å²) in [5.74, 6) is 0.228. The Labute approximate surface area is 242 Å². The van der Waals surface area contributed by atoms with E-state index in [0.717, 1.165) is 44.8 Å². The minimum Gasteiger partial charge on any atom is -0.371 e. The van der Waals surface area contributed by atoms with Crippen molar-refractivity contribution in [2.24, 2.45) is 5.73 Å². The van der Waals surface area contributed by atoms with Crippen LogP contribution in [-0.4, -0.2) is 103 Å². The predicted octanol–water partition coefficient (Wildman–Crippen LogP) is 1.98. The number of aromatic nitrogens is 2. The lowest BCUT2D eigenvalue weighted by Gasteiger charge is -2.42. The summed E-state index contributed by atoms with van der Waals surface area (Å²) in [6, 6.07) is 8.93. The van der Waals surface area contributed by atoms with Crippen LogP contribution in [0.4, 0.5) is 23.0 Å². The highest BCUT2D eigenvalue weighted by Gasteiger charge is 2.29. The van der Waals surface area contributed by atoms with Gasteiger partial charge in [-0.25, -0.2) is 9.97 Å². The van der Waals surface area contributed by atoms with Gasteiger partial charge in [0, 0.05) is 75.8 Å². The van der Waals surface area contributed by atoms with Gasteiger partial charge in [-0.15, -0.1) is 0 Å². The van der Waals surface area contributed by atoms with Gasteiger partial charge in [0.1, 0.15) is 0 Å². The van der Waals surface area contributed by atoms with Gasteiger partial charge in [-0.1, -0.05) is 13.5 Å². The first-order chi connectivity index (χ1) is 19.8. The Hall–Kier alpha value is -3.70. The van der Waals surface area contributed by atoms with E-state index >= 15 is 0 Å². The van der Waals surface area contributed by atoms with Crippen LogP contribution in [0.15, 0.2) is 36.9 Å². The molecule has 3 saturated heterocycles. The van der Waals surface area contributed by atoms with E-state index in [1.165, 1.54) is 37.7 Å². The third kappa shape index (κ3) is 6.79. The zero-order valence-corrected chi connectivity index (χ0v) is 24.3. The molecular formula is C30H43N9O2. The maximum Gasteiger partial charge on any atom is 0.271 e. The van der Waals surface area contributed by atoms with Gasteiger partial charge in [0.2, 0.25) is 5.91 Å². The van der Waals surface area contributed by atoms with Gasteiger partial charge in [0.15, 0.2) is 17.3 Å². The smallest absolute Gasteiger partial charge is 0.271 e. The summed E-state index contributed by atoms with van der Waals surface area (Å²) in [5.41, 5.74) is 8.55. The van der Waals surface area contributed by atoms with Crippen LogP contribution in [0.1, 0.15) is 42.4 Å².